The van der Waals surface area contributed by atoms with Gasteiger partial charge in [-0.15, -0.1) is 0 Å². The van der Waals surface area contributed by atoms with Gasteiger partial charge < -0.3 is 24.5 Å². The third-order valence-corrected chi connectivity index (χ3v) is 4.68. The van der Waals surface area contributed by atoms with Gasteiger partial charge in [-0.25, -0.2) is 4.39 Å². The van der Waals surface area contributed by atoms with Crippen LogP contribution in [-0.2, 0) is 13.0 Å². The predicted octanol–water partition coefficient (Wildman–Crippen LogP) is 3.69. The van der Waals surface area contributed by atoms with Crippen LogP contribution in [0.4, 0.5) is 4.39 Å². The molecule has 0 spiro atoms. The number of nitrogens with one attached hydrogen (secondary N) is 2. The van der Waals surface area contributed by atoms with E-state index in [1.54, 1.807) is 19.2 Å². The zero-order chi connectivity index (χ0) is 18.1. The normalized spacial score (nSPS) is 12.7. The second kappa shape index (κ2) is 6.88. The fraction of sp³-hybridized carbons (Fsp3) is 0.300. The molecule has 0 saturated heterocycles. The van der Waals surface area contributed by atoms with E-state index in [0.29, 0.717) is 23.8 Å². The van der Waals surface area contributed by atoms with Gasteiger partial charge in [-0.3, -0.25) is 0 Å². The number of H-pyrrole nitrogens is 1. The molecule has 0 atom stereocenters. The van der Waals surface area contributed by atoms with Gasteiger partial charge in [0, 0.05) is 23.1 Å². The largest absolute Gasteiger partial charge is 0.493 e. The van der Waals surface area contributed by atoms with Crippen LogP contribution in [0.3, 0.4) is 0 Å². The summed E-state index contributed by atoms with van der Waals surface area (Å²) < 4.78 is 29.8. The molecule has 3 aromatic rings. The molecule has 136 valence electrons. The average molecular weight is 356 g/mol. The summed E-state index contributed by atoms with van der Waals surface area (Å²) in [4.78, 5) is 3.31. The zero-order valence-electron chi connectivity index (χ0n) is 14.8. The molecular formula is C20H21FN2O3. The van der Waals surface area contributed by atoms with Crippen LogP contribution in [0.25, 0.3) is 10.9 Å². The summed E-state index contributed by atoms with van der Waals surface area (Å²) in [5.74, 6) is 1.84. The lowest BCUT2D eigenvalue weighted by Gasteiger charge is -2.09. The van der Waals surface area contributed by atoms with Crippen molar-refractivity contribution in [3.8, 4) is 17.2 Å². The van der Waals surface area contributed by atoms with E-state index in [0.717, 1.165) is 40.7 Å². The van der Waals surface area contributed by atoms with Gasteiger partial charge in [-0.05, 0) is 61.3 Å². The summed E-state index contributed by atoms with van der Waals surface area (Å²) in [7, 11) is 1.62. The first-order valence-corrected chi connectivity index (χ1v) is 8.59. The molecule has 2 heterocycles. The molecule has 0 bridgehead atoms. The first-order chi connectivity index (χ1) is 12.7. The van der Waals surface area contributed by atoms with Crippen molar-refractivity contribution in [1.29, 1.82) is 0 Å². The van der Waals surface area contributed by atoms with Gasteiger partial charge in [0.25, 0.3) is 0 Å². The summed E-state index contributed by atoms with van der Waals surface area (Å²) in [6, 6.07) is 8.77. The van der Waals surface area contributed by atoms with Gasteiger partial charge in [0.2, 0.25) is 12.5 Å². The molecule has 4 rings (SSSR count). The minimum Gasteiger partial charge on any atom is -0.493 e. The third-order valence-electron chi connectivity index (χ3n) is 4.68. The van der Waals surface area contributed by atoms with Crippen LogP contribution in [0.5, 0.6) is 17.2 Å². The van der Waals surface area contributed by atoms with E-state index in [-0.39, 0.29) is 12.6 Å². The third kappa shape index (κ3) is 3.08. The molecular weight excluding hydrogens is 335 g/mol. The van der Waals surface area contributed by atoms with Gasteiger partial charge in [-0.2, -0.15) is 0 Å². The second-order valence-electron chi connectivity index (χ2n) is 6.38. The number of aromatic nitrogens is 1. The van der Waals surface area contributed by atoms with Crippen molar-refractivity contribution in [1.82, 2.24) is 10.3 Å². The fourth-order valence-electron chi connectivity index (χ4n) is 3.41. The minimum atomic E-state index is -0.210. The number of methoxy groups -OCH3 is 1. The summed E-state index contributed by atoms with van der Waals surface area (Å²) in [6.45, 7) is 3.71. The van der Waals surface area contributed by atoms with E-state index in [2.05, 4.69) is 10.3 Å². The highest BCUT2D eigenvalue weighted by atomic mass is 19.1. The average Bonchev–Trinajstić information content (AvgIpc) is 3.22. The molecule has 1 aromatic heterocycles. The number of halogens is 1. The molecule has 0 amide bonds. The summed E-state index contributed by atoms with van der Waals surface area (Å²) >= 11 is 0. The van der Waals surface area contributed by atoms with E-state index in [1.165, 1.54) is 6.07 Å². The second-order valence-corrected chi connectivity index (χ2v) is 6.38. The topological polar surface area (TPSA) is 55.5 Å². The van der Waals surface area contributed by atoms with E-state index < -0.39 is 0 Å². The van der Waals surface area contributed by atoms with Crippen molar-refractivity contribution < 1.29 is 18.6 Å². The molecule has 2 aromatic carbocycles. The molecule has 0 unspecified atom stereocenters. The Morgan fingerprint density at radius 3 is 2.96 bits per heavy atom. The lowest BCUT2D eigenvalue weighted by Crippen LogP contribution is -2.17. The number of rotatable bonds is 6. The van der Waals surface area contributed by atoms with Crippen LogP contribution in [-0.4, -0.2) is 25.4 Å². The Hall–Kier alpha value is -2.73. The lowest BCUT2D eigenvalue weighted by molar-refractivity contribution is 0.171. The number of hydrogen-bond donors (Lipinski definition) is 2. The molecule has 0 saturated carbocycles. The maximum Gasteiger partial charge on any atom is 0.231 e. The first-order valence-electron chi connectivity index (χ1n) is 8.59. The van der Waals surface area contributed by atoms with E-state index in [4.69, 9.17) is 14.2 Å². The Bertz CT molecular complexity index is 952. The quantitative estimate of drug-likeness (QED) is 0.662. The van der Waals surface area contributed by atoms with Crippen molar-refractivity contribution in [3.05, 3.63) is 53.0 Å². The molecule has 6 heteroatoms. The number of aryl methyl sites for hydroxylation is 1. The number of hydrogen-bond acceptors (Lipinski definition) is 4. The van der Waals surface area contributed by atoms with E-state index >= 15 is 0 Å². The van der Waals surface area contributed by atoms with Crippen LogP contribution < -0.4 is 19.5 Å². The van der Waals surface area contributed by atoms with Crippen LogP contribution in [0.2, 0.25) is 0 Å². The van der Waals surface area contributed by atoms with Crippen molar-refractivity contribution in [2.75, 3.05) is 20.4 Å². The smallest absolute Gasteiger partial charge is 0.231 e. The highest BCUT2D eigenvalue weighted by molar-refractivity contribution is 5.84. The summed E-state index contributed by atoms with van der Waals surface area (Å²) in [6.07, 6.45) is 0.816. The maximum atomic E-state index is 13.6. The Morgan fingerprint density at radius 1 is 1.23 bits per heavy atom. The number of fused-ring (bicyclic) bond motifs is 2. The van der Waals surface area contributed by atoms with Crippen molar-refractivity contribution in [2.24, 2.45) is 0 Å². The van der Waals surface area contributed by atoms with E-state index in [9.17, 15) is 4.39 Å². The lowest BCUT2D eigenvalue weighted by atomic mass is 10.1. The van der Waals surface area contributed by atoms with Gasteiger partial charge >= 0.3 is 0 Å². The Labute approximate surface area is 151 Å². The molecule has 5 nitrogen and oxygen atoms in total. The molecule has 0 radical (unpaired) electrons. The van der Waals surface area contributed by atoms with Gasteiger partial charge in [0.05, 0.1) is 7.11 Å². The number of ether oxygens (including phenoxy) is 3. The van der Waals surface area contributed by atoms with Crippen molar-refractivity contribution in [2.45, 2.75) is 19.9 Å². The first kappa shape index (κ1) is 16.7. The Kier molecular flexibility index (Phi) is 4.42. The minimum absolute atomic E-state index is 0.210. The van der Waals surface area contributed by atoms with E-state index in [1.807, 2.05) is 19.1 Å². The maximum absolute atomic E-state index is 13.6. The molecule has 0 aliphatic carbocycles. The van der Waals surface area contributed by atoms with Gasteiger partial charge in [0.1, 0.15) is 5.82 Å². The van der Waals surface area contributed by atoms with Crippen LogP contribution in [0.1, 0.15) is 16.8 Å². The molecule has 1 aliphatic rings. The monoisotopic (exact) mass is 356 g/mol. The van der Waals surface area contributed by atoms with Crippen molar-refractivity contribution >= 4 is 10.9 Å². The fourth-order valence-corrected chi connectivity index (χ4v) is 3.41. The van der Waals surface area contributed by atoms with Crippen molar-refractivity contribution in [3.63, 3.8) is 0 Å². The summed E-state index contributed by atoms with van der Waals surface area (Å²) in [5, 5.41) is 4.38. The Balaban J connectivity index is 1.42. The molecule has 26 heavy (non-hydrogen) atoms. The standard InChI is InChI=1S/C20H21FN2O3/c1-12-15(16-9-14(21)3-4-17(16)23-12)5-6-22-10-13-7-18(24-2)20-19(8-13)25-11-26-20/h3-4,7-9,22-23H,5-6,10-11H2,1-2H3. The van der Waals surface area contributed by atoms with Crippen LogP contribution >= 0.6 is 0 Å². The predicted molar refractivity (Wildman–Crippen MR) is 97.5 cm³/mol. The van der Waals surface area contributed by atoms with Gasteiger partial charge in [0.15, 0.2) is 11.5 Å². The molecule has 0 fully saturated rings. The number of benzene rings is 2. The Morgan fingerprint density at radius 2 is 2.12 bits per heavy atom. The highest BCUT2D eigenvalue weighted by Crippen LogP contribution is 2.41. The zero-order valence-corrected chi connectivity index (χ0v) is 14.8. The van der Waals surface area contributed by atoms with Crippen LogP contribution in [0.15, 0.2) is 30.3 Å². The van der Waals surface area contributed by atoms with Crippen LogP contribution in [0, 0.1) is 12.7 Å². The summed E-state index contributed by atoms with van der Waals surface area (Å²) in [5.41, 5.74) is 4.26. The van der Waals surface area contributed by atoms with Gasteiger partial charge in [-0.1, -0.05) is 0 Å². The SMILES string of the molecule is COc1cc(CNCCc2c(C)[nH]c3ccc(F)cc23)cc2c1OCO2. The number of aromatic amines is 1. The molecule has 2 N–H and O–H groups in total. The highest BCUT2D eigenvalue weighted by Gasteiger charge is 2.19. The molecule has 1 aliphatic heterocycles.